The summed E-state index contributed by atoms with van der Waals surface area (Å²) in [5, 5.41) is 0. The van der Waals surface area contributed by atoms with Gasteiger partial charge in [0.2, 0.25) is 5.95 Å². The molecule has 2 N–H and O–H groups in total. The molecule has 0 saturated carbocycles. The molecule has 0 amide bonds. The van der Waals surface area contributed by atoms with Crippen LogP contribution in [0.1, 0.15) is 5.56 Å². The molecule has 0 saturated heterocycles. The Balaban J connectivity index is 2.10. The third kappa shape index (κ3) is 1.75. The van der Waals surface area contributed by atoms with E-state index in [1.54, 1.807) is 0 Å². The highest BCUT2D eigenvalue weighted by atomic mass is 15.1. The molecule has 5 nitrogen and oxygen atoms in total. The van der Waals surface area contributed by atoms with Crippen molar-refractivity contribution in [2.75, 3.05) is 5.73 Å². The van der Waals surface area contributed by atoms with Gasteiger partial charge in [0.25, 0.3) is 0 Å². The zero-order chi connectivity index (χ0) is 15.3. The Bertz CT molecular complexity index is 1000. The summed E-state index contributed by atoms with van der Waals surface area (Å²) in [7, 11) is 1.91. The number of hydrogen-bond acceptors (Lipinski definition) is 4. The second-order valence-electron chi connectivity index (χ2n) is 5.41. The van der Waals surface area contributed by atoms with Gasteiger partial charge in [-0.05, 0) is 18.6 Å². The number of benzene rings is 2. The predicted octanol–water partition coefficient (Wildman–Crippen LogP) is 3.07. The van der Waals surface area contributed by atoms with Crippen LogP contribution in [0.15, 0.2) is 42.6 Å². The summed E-state index contributed by atoms with van der Waals surface area (Å²) in [6.07, 6.45) is 1.81. The van der Waals surface area contributed by atoms with Gasteiger partial charge < -0.3 is 10.3 Å². The Morgan fingerprint density at radius 2 is 1.77 bits per heavy atom. The van der Waals surface area contributed by atoms with E-state index in [4.69, 9.17) is 10.7 Å². The summed E-state index contributed by atoms with van der Waals surface area (Å²) >= 11 is 0. The van der Waals surface area contributed by atoms with Gasteiger partial charge in [-0.3, -0.25) is 4.98 Å². The van der Waals surface area contributed by atoms with Crippen LogP contribution in [0.25, 0.3) is 33.3 Å². The van der Waals surface area contributed by atoms with Gasteiger partial charge >= 0.3 is 0 Å². The predicted molar refractivity (Wildman–Crippen MR) is 88.4 cm³/mol. The number of aromatic nitrogens is 4. The minimum absolute atomic E-state index is 0.480. The number of imidazole rings is 1. The summed E-state index contributed by atoms with van der Waals surface area (Å²) < 4.78 is 1.87. The summed E-state index contributed by atoms with van der Waals surface area (Å²) in [6, 6.07) is 12.1. The van der Waals surface area contributed by atoms with Gasteiger partial charge in [0.15, 0.2) is 0 Å². The Kier molecular flexibility index (Phi) is 2.63. The maximum absolute atomic E-state index is 5.95. The largest absolute Gasteiger partial charge is 0.369 e. The molecule has 0 atom stereocenters. The average Bonchev–Trinajstić information content (AvgIpc) is 2.84. The molecule has 4 rings (SSSR count). The fraction of sp³-hybridized carbons (Fsp3) is 0.118. The number of nitrogen functional groups attached to an aromatic ring is 1. The molecular formula is C17H15N5. The number of fused-ring (bicyclic) bond motifs is 3. The standard InChI is InChI=1S/C17H15N5/c1-10-8-13-15(21-17(18)22(13)2)16-14(10)19-9-12(20-16)11-6-4-3-5-7-11/h3-9H,1-2H3,(H2,18,21). The first-order chi connectivity index (χ1) is 10.6. The van der Waals surface area contributed by atoms with Crippen molar-refractivity contribution in [1.29, 1.82) is 0 Å². The van der Waals surface area contributed by atoms with Crippen molar-refractivity contribution in [2.24, 2.45) is 7.05 Å². The fourth-order valence-electron chi connectivity index (χ4n) is 2.73. The molecule has 2 aromatic heterocycles. The molecule has 5 heteroatoms. The van der Waals surface area contributed by atoms with Crippen LogP contribution in [0, 0.1) is 6.92 Å². The molecule has 0 aliphatic rings. The molecule has 0 aliphatic carbocycles. The molecule has 0 aliphatic heterocycles. The maximum atomic E-state index is 5.95. The first-order valence-corrected chi connectivity index (χ1v) is 7.09. The molecule has 0 spiro atoms. The van der Waals surface area contributed by atoms with Crippen molar-refractivity contribution in [1.82, 2.24) is 19.5 Å². The quantitative estimate of drug-likeness (QED) is 0.584. The van der Waals surface area contributed by atoms with Crippen LogP contribution in [0.2, 0.25) is 0 Å². The normalized spacial score (nSPS) is 11.4. The van der Waals surface area contributed by atoms with Gasteiger partial charge in [0.05, 0.1) is 22.9 Å². The summed E-state index contributed by atoms with van der Waals surface area (Å²) in [5.74, 6) is 0.480. The van der Waals surface area contributed by atoms with Crippen LogP contribution >= 0.6 is 0 Å². The van der Waals surface area contributed by atoms with E-state index in [0.717, 1.165) is 38.9 Å². The van der Waals surface area contributed by atoms with Gasteiger partial charge in [0, 0.05) is 12.6 Å². The minimum atomic E-state index is 0.480. The van der Waals surface area contributed by atoms with Crippen LogP contribution in [0.5, 0.6) is 0 Å². The first kappa shape index (κ1) is 12.8. The van der Waals surface area contributed by atoms with E-state index in [0.29, 0.717) is 5.95 Å². The van der Waals surface area contributed by atoms with E-state index < -0.39 is 0 Å². The lowest BCUT2D eigenvalue weighted by Gasteiger charge is -2.06. The van der Waals surface area contributed by atoms with Gasteiger partial charge in [-0.1, -0.05) is 30.3 Å². The van der Waals surface area contributed by atoms with Crippen molar-refractivity contribution in [2.45, 2.75) is 6.92 Å². The van der Waals surface area contributed by atoms with Gasteiger partial charge in [-0.2, -0.15) is 0 Å². The Morgan fingerprint density at radius 1 is 1.00 bits per heavy atom. The molecular weight excluding hydrogens is 274 g/mol. The monoisotopic (exact) mass is 289 g/mol. The lowest BCUT2D eigenvalue weighted by molar-refractivity contribution is 0.964. The lowest BCUT2D eigenvalue weighted by Crippen LogP contribution is -1.96. The highest BCUT2D eigenvalue weighted by Crippen LogP contribution is 2.28. The van der Waals surface area contributed by atoms with Gasteiger partial charge in [-0.25, -0.2) is 9.97 Å². The van der Waals surface area contributed by atoms with Crippen LogP contribution in [0.4, 0.5) is 5.95 Å². The smallest absolute Gasteiger partial charge is 0.201 e. The number of nitrogens with two attached hydrogens (primary N) is 1. The zero-order valence-corrected chi connectivity index (χ0v) is 12.4. The second-order valence-corrected chi connectivity index (χ2v) is 5.41. The van der Waals surface area contributed by atoms with E-state index in [-0.39, 0.29) is 0 Å². The summed E-state index contributed by atoms with van der Waals surface area (Å²) in [6.45, 7) is 2.03. The minimum Gasteiger partial charge on any atom is -0.369 e. The number of aryl methyl sites for hydroxylation is 2. The van der Waals surface area contributed by atoms with Gasteiger partial charge in [-0.15, -0.1) is 0 Å². The number of hydrogen-bond donors (Lipinski definition) is 1. The molecule has 0 bridgehead atoms. The van der Waals surface area contributed by atoms with Crippen molar-refractivity contribution < 1.29 is 0 Å². The van der Waals surface area contributed by atoms with Crippen molar-refractivity contribution >= 4 is 28.0 Å². The molecule has 22 heavy (non-hydrogen) atoms. The summed E-state index contributed by atoms with van der Waals surface area (Å²) in [4.78, 5) is 13.8. The van der Waals surface area contributed by atoms with E-state index in [1.165, 1.54) is 0 Å². The average molecular weight is 289 g/mol. The van der Waals surface area contributed by atoms with E-state index in [1.807, 2.05) is 55.1 Å². The molecule has 108 valence electrons. The van der Waals surface area contributed by atoms with Crippen molar-refractivity contribution in [3.63, 3.8) is 0 Å². The molecule has 0 radical (unpaired) electrons. The highest BCUT2D eigenvalue weighted by molar-refractivity contribution is 6.03. The Morgan fingerprint density at radius 3 is 2.55 bits per heavy atom. The maximum Gasteiger partial charge on any atom is 0.201 e. The van der Waals surface area contributed by atoms with E-state index in [9.17, 15) is 0 Å². The zero-order valence-electron chi connectivity index (χ0n) is 12.4. The van der Waals surface area contributed by atoms with E-state index in [2.05, 4.69) is 16.0 Å². The topological polar surface area (TPSA) is 69.6 Å². The first-order valence-electron chi connectivity index (χ1n) is 7.09. The SMILES string of the molecule is Cc1cc2c(nc(N)n2C)c2nc(-c3ccccc3)cnc12. The van der Waals surface area contributed by atoms with Crippen LogP contribution in [0.3, 0.4) is 0 Å². The lowest BCUT2D eigenvalue weighted by atomic mass is 10.1. The van der Waals surface area contributed by atoms with E-state index >= 15 is 0 Å². The van der Waals surface area contributed by atoms with Crippen molar-refractivity contribution in [3.05, 3.63) is 48.2 Å². The molecule has 0 fully saturated rings. The van der Waals surface area contributed by atoms with Crippen LogP contribution in [-0.2, 0) is 7.05 Å². The van der Waals surface area contributed by atoms with Crippen LogP contribution in [-0.4, -0.2) is 19.5 Å². The Hall–Kier alpha value is -2.95. The molecule has 4 aromatic rings. The molecule has 2 aromatic carbocycles. The highest BCUT2D eigenvalue weighted by Gasteiger charge is 2.14. The number of rotatable bonds is 1. The molecule has 0 unspecified atom stereocenters. The number of nitrogens with zero attached hydrogens (tertiary/aromatic N) is 4. The Labute approximate surface area is 127 Å². The van der Waals surface area contributed by atoms with Crippen LogP contribution < -0.4 is 5.73 Å². The van der Waals surface area contributed by atoms with Gasteiger partial charge in [0.1, 0.15) is 11.0 Å². The molecule has 2 heterocycles. The van der Waals surface area contributed by atoms with Crippen molar-refractivity contribution in [3.8, 4) is 11.3 Å². The fourth-order valence-corrected chi connectivity index (χ4v) is 2.73. The number of anilines is 1. The second kappa shape index (κ2) is 4.53. The third-order valence-corrected chi connectivity index (χ3v) is 3.97. The third-order valence-electron chi connectivity index (χ3n) is 3.97. The summed E-state index contributed by atoms with van der Waals surface area (Å²) in [5.41, 5.74) is 12.3.